The van der Waals surface area contributed by atoms with Gasteiger partial charge in [-0.2, -0.15) is 0 Å². The van der Waals surface area contributed by atoms with Crippen LogP contribution in [0.3, 0.4) is 0 Å². The average Bonchev–Trinajstić information content (AvgIpc) is 2.70. The summed E-state index contributed by atoms with van der Waals surface area (Å²) in [6.45, 7) is 4.87. The maximum atomic E-state index is 12.2. The van der Waals surface area contributed by atoms with Crippen LogP contribution in [0.15, 0.2) is 67.0 Å². The van der Waals surface area contributed by atoms with Crippen LogP contribution in [0.1, 0.15) is 30.8 Å². The van der Waals surface area contributed by atoms with Gasteiger partial charge in [-0.1, -0.05) is 32.0 Å². The molecule has 0 saturated heterocycles. The van der Waals surface area contributed by atoms with Gasteiger partial charge >= 0.3 is 0 Å². The Morgan fingerprint density at radius 1 is 1.00 bits per heavy atom. The molecule has 0 aliphatic rings. The predicted octanol–water partition coefficient (Wildman–Crippen LogP) is 4.79. The number of ether oxygens (including phenoxy) is 1. The van der Waals surface area contributed by atoms with E-state index in [2.05, 4.69) is 34.4 Å². The van der Waals surface area contributed by atoms with Crippen molar-refractivity contribution >= 4 is 17.4 Å². The van der Waals surface area contributed by atoms with Crippen LogP contribution in [0.5, 0.6) is 11.5 Å². The van der Waals surface area contributed by atoms with Gasteiger partial charge < -0.3 is 15.4 Å². The molecule has 0 spiro atoms. The van der Waals surface area contributed by atoms with Gasteiger partial charge in [0, 0.05) is 18.3 Å². The molecule has 0 fully saturated rings. The van der Waals surface area contributed by atoms with Gasteiger partial charge in [0.1, 0.15) is 29.3 Å². The van der Waals surface area contributed by atoms with E-state index in [9.17, 15) is 4.79 Å². The Morgan fingerprint density at radius 3 is 2.43 bits per heavy atom. The van der Waals surface area contributed by atoms with E-state index in [1.807, 2.05) is 54.6 Å². The second-order valence-corrected chi connectivity index (χ2v) is 6.79. The average molecular weight is 376 g/mol. The zero-order valence-electron chi connectivity index (χ0n) is 16.1. The molecule has 3 rings (SSSR count). The highest BCUT2D eigenvalue weighted by Gasteiger charge is 2.09. The minimum absolute atomic E-state index is 0.197. The summed E-state index contributed by atoms with van der Waals surface area (Å²) in [6, 6.07) is 18.8. The molecule has 6 heteroatoms. The number of anilines is 2. The lowest BCUT2D eigenvalue weighted by atomic mass is 10.1. The minimum Gasteiger partial charge on any atom is -0.457 e. The number of carbonyl (C=O) groups excluding carboxylic acids is 1. The van der Waals surface area contributed by atoms with E-state index in [0.29, 0.717) is 24.0 Å². The van der Waals surface area contributed by atoms with Crippen LogP contribution in [0.4, 0.5) is 11.5 Å². The number of hydrogen-bond acceptors (Lipinski definition) is 5. The molecule has 28 heavy (non-hydrogen) atoms. The smallest absolute Gasteiger partial charge is 0.270 e. The number of nitrogens with zero attached hydrogens (tertiary/aromatic N) is 2. The Kier molecular flexibility index (Phi) is 6.57. The van der Waals surface area contributed by atoms with Gasteiger partial charge in [0.2, 0.25) is 0 Å². The van der Waals surface area contributed by atoms with Crippen molar-refractivity contribution in [2.24, 2.45) is 5.92 Å². The van der Waals surface area contributed by atoms with E-state index in [-0.39, 0.29) is 5.91 Å². The van der Waals surface area contributed by atoms with Crippen molar-refractivity contribution in [3.63, 3.8) is 0 Å². The third kappa shape index (κ3) is 5.81. The van der Waals surface area contributed by atoms with Gasteiger partial charge in [0.15, 0.2) is 0 Å². The highest BCUT2D eigenvalue weighted by Crippen LogP contribution is 2.23. The van der Waals surface area contributed by atoms with Crippen molar-refractivity contribution in [1.82, 2.24) is 15.3 Å². The first kappa shape index (κ1) is 19.4. The monoisotopic (exact) mass is 376 g/mol. The third-order valence-electron chi connectivity index (χ3n) is 4.01. The molecule has 144 valence electrons. The molecule has 0 unspecified atom stereocenters. The lowest BCUT2D eigenvalue weighted by Gasteiger charge is -2.10. The highest BCUT2D eigenvalue weighted by molar-refractivity contribution is 5.92. The topological polar surface area (TPSA) is 76.1 Å². The summed E-state index contributed by atoms with van der Waals surface area (Å²) >= 11 is 0. The quantitative estimate of drug-likeness (QED) is 0.591. The van der Waals surface area contributed by atoms with Crippen molar-refractivity contribution in [2.75, 3.05) is 11.9 Å². The number of amides is 1. The number of aromatic nitrogens is 2. The molecule has 2 N–H and O–H groups in total. The lowest BCUT2D eigenvalue weighted by Crippen LogP contribution is -2.26. The molecule has 6 nitrogen and oxygen atoms in total. The van der Waals surface area contributed by atoms with Gasteiger partial charge in [0.05, 0.1) is 0 Å². The summed E-state index contributed by atoms with van der Waals surface area (Å²) in [7, 11) is 0. The molecule has 1 amide bonds. The van der Waals surface area contributed by atoms with E-state index in [4.69, 9.17) is 4.74 Å². The summed E-state index contributed by atoms with van der Waals surface area (Å²) < 4.78 is 5.78. The number of benzene rings is 2. The van der Waals surface area contributed by atoms with E-state index in [1.165, 1.54) is 6.33 Å². The molecular formula is C22H24N4O2. The van der Waals surface area contributed by atoms with Crippen LogP contribution >= 0.6 is 0 Å². The van der Waals surface area contributed by atoms with Crippen molar-refractivity contribution in [3.8, 4) is 11.5 Å². The molecule has 0 saturated carbocycles. The van der Waals surface area contributed by atoms with Crippen LogP contribution in [-0.2, 0) is 0 Å². The van der Waals surface area contributed by atoms with E-state index >= 15 is 0 Å². The maximum Gasteiger partial charge on any atom is 0.270 e. The molecule has 1 heterocycles. The molecule has 0 atom stereocenters. The third-order valence-corrected chi connectivity index (χ3v) is 4.01. The molecule has 0 bridgehead atoms. The molecule has 3 aromatic rings. The molecule has 0 radical (unpaired) electrons. The van der Waals surface area contributed by atoms with E-state index in [1.54, 1.807) is 6.07 Å². The van der Waals surface area contributed by atoms with Crippen molar-refractivity contribution in [1.29, 1.82) is 0 Å². The number of para-hydroxylation sites is 1. The molecule has 1 aromatic heterocycles. The second-order valence-electron chi connectivity index (χ2n) is 6.79. The SMILES string of the molecule is CC(C)CCNC(=O)c1cc(Nc2ccc(Oc3ccccc3)cc2)ncn1. The molecule has 0 aliphatic heterocycles. The Balaban J connectivity index is 1.60. The van der Waals surface area contributed by atoms with Crippen LogP contribution in [-0.4, -0.2) is 22.4 Å². The summed E-state index contributed by atoms with van der Waals surface area (Å²) in [6.07, 6.45) is 2.31. The Hall–Kier alpha value is -3.41. The molecular weight excluding hydrogens is 352 g/mol. The van der Waals surface area contributed by atoms with Crippen molar-refractivity contribution < 1.29 is 9.53 Å². The first-order valence-electron chi connectivity index (χ1n) is 9.30. The molecule has 2 aromatic carbocycles. The fraction of sp³-hybridized carbons (Fsp3) is 0.227. The zero-order chi connectivity index (χ0) is 19.8. The summed E-state index contributed by atoms with van der Waals surface area (Å²) in [4.78, 5) is 20.4. The van der Waals surface area contributed by atoms with E-state index < -0.39 is 0 Å². The summed E-state index contributed by atoms with van der Waals surface area (Å²) in [5.74, 6) is 2.42. The zero-order valence-corrected chi connectivity index (χ0v) is 16.1. The number of nitrogens with one attached hydrogen (secondary N) is 2. The van der Waals surface area contributed by atoms with Crippen molar-refractivity contribution in [3.05, 3.63) is 72.7 Å². The van der Waals surface area contributed by atoms with Gasteiger partial charge in [-0.3, -0.25) is 4.79 Å². The van der Waals surface area contributed by atoms with Crippen LogP contribution in [0.25, 0.3) is 0 Å². The number of hydrogen-bond donors (Lipinski definition) is 2. The fourth-order valence-corrected chi connectivity index (χ4v) is 2.49. The van der Waals surface area contributed by atoms with Crippen LogP contribution in [0, 0.1) is 5.92 Å². The Bertz CT molecular complexity index is 896. The van der Waals surface area contributed by atoms with Crippen LogP contribution < -0.4 is 15.4 Å². The number of rotatable bonds is 8. The number of carbonyl (C=O) groups is 1. The summed E-state index contributed by atoms with van der Waals surface area (Å²) in [5.41, 5.74) is 1.18. The lowest BCUT2D eigenvalue weighted by molar-refractivity contribution is 0.0947. The maximum absolute atomic E-state index is 12.2. The standard InChI is InChI=1S/C22H24N4O2/c1-16(2)12-13-23-22(27)20-14-21(25-15-24-20)26-17-8-10-19(11-9-17)28-18-6-4-3-5-7-18/h3-11,14-16H,12-13H2,1-2H3,(H,23,27)(H,24,25,26). The Morgan fingerprint density at radius 2 is 1.71 bits per heavy atom. The van der Waals surface area contributed by atoms with Crippen LogP contribution in [0.2, 0.25) is 0 Å². The first-order valence-corrected chi connectivity index (χ1v) is 9.30. The largest absolute Gasteiger partial charge is 0.457 e. The summed E-state index contributed by atoms with van der Waals surface area (Å²) in [5, 5.41) is 6.06. The molecule has 0 aliphatic carbocycles. The van der Waals surface area contributed by atoms with Gasteiger partial charge in [-0.05, 0) is 48.7 Å². The van der Waals surface area contributed by atoms with Gasteiger partial charge in [0.25, 0.3) is 5.91 Å². The first-order chi connectivity index (χ1) is 13.6. The van der Waals surface area contributed by atoms with Gasteiger partial charge in [-0.25, -0.2) is 9.97 Å². The predicted molar refractivity (Wildman–Crippen MR) is 110 cm³/mol. The minimum atomic E-state index is -0.197. The second kappa shape index (κ2) is 9.50. The van der Waals surface area contributed by atoms with Crippen molar-refractivity contribution in [2.45, 2.75) is 20.3 Å². The van der Waals surface area contributed by atoms with Gasteiger partial charge in [-0.15, -0.1) is 0 Å². The fourth-order valence-electron chi connectivity index (χ4n) is 2.49. The van der Waals surface area contributed by atoms with E-state index in [0.717, 1.165) is 23.6 Å². The normalized spacial score (nSPS) is 10.5. The highest BCUT2D eigenvalue weighted by atomic mass is 16.5. The Labute approximate surface area is 165 Å².